The Kier molecular flexibility index (Phi) is 5.80. The Labute approximate surface area is 121 Å². The third-order valence-electron chi connectivity index (χ3n) is 4.06. The number of carboxylic acids is 1. The van der Waals surface area contributed by atoms with Gasteiger partial charge in [0.15, 0.2) is 0 Å². The van der Waals surface area contributed by atoms with Gasteiger partial charge in [-0.3, -0.25) is 9.69 Å². The van der Waals surface area contributed by atoms with Crippen molar-refractivity contribution in [2.45, 2.75) is 27.7 Å². The summed E-state index contributed by atoms with van der Waals surface area (Å²) in [5.41, 5.74) is 0.174. The molecule has 20 heavy (non-hydrogen) atoms. The van der Waals surface area contributed by atoms with Crippen molar-refractivity contribution in [2.75, 3.05) is 39.3 Å². The normalized spacial score (nSPS) is 18.7. The Balaban J connectivity index is 2.31. The van der Waals surface area contributed by atoms with Crippen LogP contribution in [-0.2, 0) is 4.79 Å². The van der Waals surface area contributed by atoms with Crippen LogP contribution in [0.25, 0.3) is 0 Å². The monoisotopic (exact) mass is 285 g/mol. The molecule has 116 valence electrons. The number of hydrogen-bond donors (Lipinski definition) is 2. The number of hydrogen-bond acceptors (Lipinski definition) is 3. The maximum Gasteiger partial charge on any atom is 0.317 e. The van der Waals surface area contributed by atoms with E-state index in [-0.39, 0.29) is 18.0 Å². The first kappa shape index (κ1) is 16.8. The number of carbonyl (C=O) groups excluding carboxylic acids is 1. The molecule has 0 aromatic rings. The highest BCUT2D eigenvalue weighted by Gasteiger charge is 2.24. The number of carbonyl (C=O) groups is 2. The Morgan fingerprint density at radius 2 is 1.75 bits per heavy atom. The van der Waals surface area contributed by atoms with Gasteiger partial charge in [-0.15, -0.1) is 0 Å². The van der Waals surface area contributed by atoms with Gasteiger partial charge < -0.3 is 15.3 Å². The van der Waals surface area contributed by atoms with Gasteiger partial charge in [0.1, 0.15) is 0 Å². The molecule has 1 atom stereocenters. The molecule has 6 heteroatoms. The van der Waals surface area contributed by atoms with E-state index in [0.29, 0.717) is 38.6 Å². The molecule has 2 N–H and O–H groups in total. The summed E-state index contributed by atoms with van der Waals surface area (Å²) in [6.45, 7) is 11.7. The third-order valence-corrected chi connectivity index (χ3v) is 4.06. The quantitative estimate of drug-likeness (QED) is 0.810. The van der Waals surface area contributed by atoms with Crippen LogP contribution in [0.4, 0.5) is 4.79 Å². The second kappa shape index (κ2) is 6.92. The van der Waals surface area contributed by atoms with E-state index in [1.807, 2.05) is 4.90 Å². The highest BCUT2D eigenvalue weighted by molar-refractivity contribution is 5.74. The SMILES string of the molecule is CC(CNC(=O)N1CCN(CC(=O)O)CC1)C(C)(C)C. The molecule has 1 fully saturated rings. The third kappa shape index (κ3) is 5.36. The van der Waals surface area contributed by atoms with Crippen LogP contribution in [0.2, 0.25) is 0 Å². The molecule has 1 aliphatic rings. The molecule has 0 radical (unpaired) electrons. The molecular formula is C14H27N3O3. The molecule has 0 spiro atoms. The number of amides is 2. The predicted molar refractivity (Wildman–Crippen MR) is 77.7 cm³/mol. The van der Waals surface area contributed by atoms with Crippen LogP contribution in [0.3, 0.4) is 0 Å². The van der Waals surface area contributed by atoms with E-state index < -0.39 is 5.97 Å². The van der Waals surface area contributed by atoms with E-state index in [9.17, 15) is 9.59 Å². The molecule has 2 amide bonds. The van der Waals surface area contributed by atoms with Gasteiger partial charge in [-0.2, -0.15) is 0 Å². The van der Waals surface area contributed by atoms with Gasteiger partial charge in [0.25, 0.3) is 0 Å². The molecule has 6 nitrogen and oxygen atoms in total. The molecule has 1 rings (SSSR count). The first-order chi connectivity index (χ1) is 9.20. The zero-order chi connectivity index (χ0) is 15.3. The van der Waals surface area contributed by atoms with Crippen molar-refractivity contribution in [3.05, 3.63) is 0 Å². The molecule has 0 aromatic heterocycles. The second-order valence-electron chi connectivity index (χ2n) is 6.61. The summed E-state index contributed by atoms with van der Waals surface area (Å²) in [4.78, 5) is 26.3. The molecule has 0 aliphatic carbocycles. The van der Waals surface area contributed by atoms with Crippen molar-refractivity contribution in [1.82, 2.24) is 15.1 Å². The van der Waals surface area contributed by atoms with Crippen molar-refractivity contribution in [2.24, 2.45) is 11.3 Å². The van der Waals surface area contributed by atoms with Crippen molar-refractivity contribution >= 4 is 12.0 Å². The number of aliphatic carboxylic acids is 1. The van der Waals surface area contributed by atoms with Crippen molar-refractivity contribution in [3.8, 4) is 0 Å². The van der Waals surface area contributed by atoms with Crippen LogP contribution in [0.1, 0.15) is 27.7 Å². The highest BCUT2D eigenvalue weighted by Crippen LogP contribution is 2.24. The lowest BCUT2D eigenvalue weighted by molar-refractivity contribution is -0.138. The number of nitrogens with zero attached hydrogens (tertiary/aromatic N) is 2. The minimum atomic E-state index is -0.818. The lowest BCUT2D eigenvalue weighted by atomic mass is 9.82. The molecule has 0 aromatic carbocycles. The van der Waals surface area contributed by atoms with Crippen LogP contribution in [-0.4, -0.2) is 66.2 Å². The maximum absolute atomic E-state index is 12.0. The van der Waals surface area contributed by atoms with Gasteiger partial charge in [-0.1, -0.05) is 27.7 Å². The summed E-state index contributed by atoms with van der Waals surface area (Å²) in [5, 5.41) is 11.7. The fourth-order valence-electron chi connectivity index (χ4n) is 1.96. The van der Waals surface area contributed by atoms with E-state index >= 15 is 0 Å². The Morgan fingerprint density at radius 3 is 2.20 bits per heavy atom. The van der Waals surface area contributed by atoms with Gasteiger partial charge in [0.2, 0.25) is 0 Å². The molecule has 1 heterocycles. The maximum atomic E-state index is 12.0. The Morgan fingerprint density at radius 1 is 1.20 bits per heavy atom. The van der Waals surface area contributed by atoms with E-state index in [0.717, 1.165) is 0 Å². The van der Waals surface area contributed by atoms with Crippen LogP contribution >= 0.6 is 0 Å². The van der Waals surface area contributed by atoms with Gasteiger partial charge >= 0.3 is 12.0 Å². The highest BCUT2D eigenvalue weighted by atomic mass is 16.4. The Bertz CT molecular complexity index is 344. The number of carboxylic acid groups (broad SMARTS) is 1. The molecule has 1 unspecified atom stereocenters. The average Bonchev–Trinajstić information content (AvgIpc) is 2.34. The molecular weight excluding hydrogens is 258 g/mol. The van der Waals surface area contributed by atoms with E-state index in [1.54, 1.807) is 4.90 Å². The number of rotatable bonds is 4. The van der Waals surface area contributed by atoms with Crippen LogP contribution in [0.5, 0.6) is 0 Å². The summed E-state index contributed by atoms with van der Waals surface area (Å²) in [6, 6.07) is -0.0453. The smallest absolute Gasteiger partial charge is 0.317 e. The molecule has 0 bridgehead atoms. The lowest BCUT2D eigenvalue weighted by Crippen LogP contribution is -2.53. The van der Waals surface area contributed by atoms with Gasteiger partial charge in [-0.05, 0) is 11.3 Å². The minimum absolute atomic E-state index is 0.0453. The minimum Gasteiger partial charge on any atom is -0.480 e. The largest absolute Gasteiger partial charge is 0.480 e. The Hall–Kier alpha value is -1.30. The van der Waals surface area contributed by atoms with E-state index in [1.165, 1.54) is 0 Å². The summed E-state index contributed by atoms with van der Waals surface area (Å²) in [5.74, 6) is -0.415. The zero-order valence-electron chi connectivity index (χ0n) is 13.0. The first-order valence-corrected chi connectivity index (χ1v) is 7.17. The van der Waals surface area contributed by atoms with Crippen molar-refractivity contribution in [3.63, 3.8) is 0 Å². The van der Waals surface area contributed by atoms with Crippen LogP contribution < -0.4 is 5.32 Å². The van der Waals surface area contributed by atoms with Gasteiger partial charge in [0, 0.05) is 32.7 Å². The van der Waals surface area contributed by atoms with Crippen molar-refractivity contribution < 1.29 is 14.7 Å². The second-order valence-corrected chi connectivity index (χ2v) is 6.61. The van der Waals surface area contributed by atoms with E-state index in [4.69, 9.17) is 5.11 Å². The topological polar surface area (TPSA) is 72.9 Å². The fourth-order valence-corrected chi connectivity index (χ4v) is 1.96. The summed E-state index contributed by atoms with van der Waals surface area (Å²) in [6.07, 6.45) is 0. The summed E-state index contributed by atoms with van der Waals surface area (Å²) in [7, 11) is 0. The van der Waals surface area contributed by atoms with Crippen LogP contribution in [0, 0.1) is 11.3 Å². The average molecular weight is 285 g/mol. The fraction of sp³-hybridized carbons (Fsp3) is 0.857. The molecule has 0 saturated carbocycles. The van der Waals surface area contributed by atoms with Gasteiger partial charge in [-0.25, -0.2) is 4.79 Å². The van der Waals surface area contributed by atoms with Gasteiger partial charge in [0.05, 0.1) is 6.54 Å². The lowest BCUT2D eigenvalue weighted by Gasteiger charge is -2.34. The number of piperazine rings is 1. The van der Waals surface area contributed by atoms with E-state index in [2.05, 4.69) is 33.0 Å². The number of nitrogens with one attached hydrogen (secondary N) is 1. The molecule has 1 saturated heterocycles. The van der Waals surface area contributed by atoms with Crippen LogP contribution in [0.15, 0.2) is 0 Å². The number of urea groups is 1. The van der Waals surface area contributed by atoms with Crippen molar-refractivity contribution in [1.29, 1.82) is 0 Å². The standard InChI is InChI=1S/C14H27N3O3/c1-11(14(2,3)4)9-15-13(20)17-7-5-16(6-8-17)10-12(18)19/h11H,5-10H2,1-4H3,(H,15,20)(H,18,19). The summed E-state index contributed by atoms with van der Waals surface area (Å²) >= 11 is 0. The predicted octanol–water partition coefficient (Wildman–Crippen LogP) is 1.08. The zero-order valence-corrected chi connectivity index (χ0v) is 13.0. The molecule has 1 aliphatic heterocycles. The first-order valence-electron chi connectivity index (χ1n) is 7.17. The summed E-state index contributed by atoms with van der Waals surface area (Å²) < 4.78 is 0.